The summed E-state index contributed by atoms with van der Waals surface area (Å²) in [5.41, 5.74) is 10.2. The average Bonchev–Trinajstić information content (AvgIpc) is 3.09. The fraction of sp³-hybridized carbons (Fsp3) is 0.391. The molecule has 3 unspecified atom stereocenters. The SMILES string of the molecule is COc1cccc(-c2[nH]nc3nc(N4CCC5C(C4)C5(CN)c4nc(C)cs4)cnc23)c1Cl. The summed E-state index contributed by atoms with van der Waals surface area (Å²) < 4.78 is 5.35. The van der Waals surface area contributed by atoms with Crippen LogP contribution in [0.2, 0.25) is 5.02 Å². The second-order valence-corrected chi connectivity index (χ2v) is 10.0. The molecule has 1 aliphatic heterocycles. The zero-order valence-electron chi connectivity index (χ0n) is 18.4. The molecular weight excluding hydrogens is 458 g/mol. The maximum atomic E-state index is 6.52. The lowest BCUT2D eigenvalue weighted by Gasteiger charge is -2.26. The number of fused-ring (bicyclic) bond motifs is 2. The van der Waals surface area contributed by atoms with Crippen LogP contribution in [0.1, 0.15) is 17.1 Å². The van der Waals surface area contributed by atoms with Crippen molar-refractivity contribution in [3.05, 3.63) is 45.5 Å². The maximum Gasteiger partial charge on any atom is 0.202 e. The first kappa shape index (κ1) is 20.8. The van der Waals surface area contributed by atoms with Crippen LogP contribution in [0.5, 0.6) is 5.75 Å². The van der Waals surface area contributed by atoms with Gasteiger partial charge in [-0.1, -0.05) is 23.7 Å². The third kappa shape index (κ3) is 3.06. The fourth-order valence-electron chi connectivity index (χ4n) is 5.45. The van der Waals surface area contributed by atoms with Crippen LogP contribution >= 0.6 is 22.9 Å². The predicted octanol–water partition coefficient (Wildman–Crippen LogP) is 3.80. The topological polar surface area (TPSA) is 106 Å². The third-order valence-electron chi connectivity index (χ3n) is 7.21. The number of thiazole rings is 1. The second kappa shape index (κ2) is 7.65. The number of nitrogens with two attached hydrogens (primary N) is 1. The van der Waals surface area contributed by atoms with E-state index in [1.807, 2.05) is 31.3 Å². The van der Waals surface area contributed by atoms with Crippen molar-refractivity contribution in [2.45, 2.75) is 18.8 Å². The van der Waals surface area contributed by atoms with Gasteiger partial charge < -0.3 is 15.4 Å². The highest BCUT2D eigenvalue weighted by Gasteiger charge is 2.67. The van der Waals surface area contributed by atoms with Crippen molar-refractivity contribution in [2.24, 2.45) is 17.6 Å². The van der Waals surface area contributed by atoms with Gasteiger partial charge in [-0.15, -0.1) is 11.3 Å². The van der Waals surface area contributed by atoms with E-state index in [0.29, 0.717) is 40.3 Å². The minimum absolute atomic E-state index is 0.00776. The van der Waals surface area contributed by atoms with Crippen molar-refractivity contribution in [2.75, 3.05) is 31.6 Å². The van der Waals surface area contributed by atoms with Gasteiger partial charge in [0.2, 0.25) is 5.65 Å². The summed E-state index contributed by atoms with van der Waals surface area (Å²) in [7, 11) is 1.60. The summed E-state index contributed by atoms with van der Waals surface area (Å²) in [5.74, 6) is 2.52. The Morgan fingerprint density at radius 2 is 2.21 bits per heavy atom. The number of halogens is 1. The quantitative estimate of drug-likeness (QED) is 0.446. The van der Waals surface area contributed by atoms with Gasteiger partial charge in [-0.3, -0.25) is 5.10 Å². The zero-order chi connectivity index (χ0) is 22.7. The van der Waals surface area contributed by atoms with Crippen LogP contribution in [0.3, 0.4) is 0 Å². The largest absolute Gasteiger partial charge is 0.495 e. The molecule has 1 aromatic carbocycles. The first-order chi connectivity index (χ1) is 16.1. The number of H-pyrrole nitrogens is 1. The molecule has 2 aliphatic rings. The molecule has 2 fully saturated rings. The highest BCUT2D eigenvalue weighted by molar-refractivity contribution is 7.09. The molecule has 1 aliphatic carbocycles. The molecule has 3 atom stereocenters. The Morgan fingerprint density at radius 3 is 2.97 bits per heavy atom. The van der Waals surface area contributed by atoms with Crippen molar-refractivity contribution >= 4 is 39.9 Å². The lowest BCUT2D eigenvalue weighted by molar-refractivity contribution is 0.415. The van der Waals surface area contributed by atoms with Gasteiger partial charge in [-0.25, -0.2) is 15.0 Å². The first-order valence-corrected chi connectivity index (χ1v) is 12.2. The number of methoxy groups -OCH3 is 1. The molecule has 1 saturated carbocycles. The highest BCUT2D eigenvalue weighted by Crippen LogP contribution is 2.63. The molecule has 3 N–H and O–H groups in total. The Kier molecular flexibility index (Phi) is 4.83. The summed E-state index contributed by atoms with van der Waals surface area (Å²) in [6.45, 7) is 4.51. The van der Waals surface area contributed by atoms with Crippen molar-refractivity contribution in [3.8, 4) is 17.0 Å². The van der Waals surface area contributed by atoms with Crippen LogP contribution in [0.4, 0.5) is 5.82 Å². The van der Waals surface area contributed by atoms with E-state index in [1.54, 1.807) is 18.4 Å². The van der Waals surface area contributed by atoms with Gasteiger partial charge in [0.15, 0.2) is 0 Å². The smallest absolute Gasteiger partial charge is 0.202 e. The standard InChI is InChI=1S/C23H24ClN7OS/c1-12-10-33-22(27-12)23(11-25)14-6-7-31(9-15(14)23)17-8-26-20-19(29-30-21(20)28-17)13-4-3-5-16(32-2)18(13)24/h3-5,8,10,14-15H,6-7,9,11,25H2,1-2H3,(H,28,29,30). The minimum atomic E-state index is 0.00776. The van der Waals surface area contributed by atoms with E-state index in [9.17, 15) is 0 Å². The molecule has 33 heavy (non-hydrogen) atoms. The molecule has 6 rings (SSSR count). The van der Waals surface area contributed by atoms with E-state index < -0.39 is 0 Å². The van der Waals surface area contributed by atoms with E-state index >= 15 is 0 Å². The van der Waals surface area contributed by atoms with E-state index in [0.717, 1.165) is 42.3 Å². The van der Waals surface area contributed by atoms with Gasteiger partial charge >= 0.3 is 0 Å². The van der Waals surface area contributed by atoms with Crippen LogP contribution in [-0.4, -0.2) is 51.9 Å². The van der Waals surface area contributed by atoms with Crippen molar-refractivity contribution in [1.82, 2.24) is 25.1 Å². The first-order valence-electron chi connectivity index (χ1n) is 11.0. The number of aromatic amines is 1. The number of anilines is 1. The molecule has 10 heteroatoms. The van der Waals surface area contributed by atoms with Crippen LogP contribution < -0.4 is 15.4 Å². The van der Waals surface area contributed by atoms with Crippen LogP contribution in [0.15, 0.2) is 29.8 Å². The van der Waals surface area contributed by atoms with Gasteiger partial charge in [-0.05, 0) is 31.2 Å². The second-order valence-electron chi connectivity index (χ2n) is 8.81. The molecule has 1 saturated heterocycles. The van der Waals surface area contributed by atoms with E-state index in [2.05, 4.69) is 20.5 Å². The summed E-state index contributed by atoms with van der Waals surface area (Å²) >= 11 is 8.26. The summed E-state index contributed by atoms with van der Waals surface area (Å²) in [6, 6.07) is 5.63. The Balaban J connectivity index is 1.29. The van der Waals surface area contributed by atoms with Crippen molar-refractivity contribution in [1.29, 1.82) is 0 Å². The number of nitrogens with one attached hydrogen (secondary N) is 1. The molecule has 8 nitrogen and oxygen atoms in total. The van der Waals surface area contributed by atoms with Crippen molar-refractivity contribution in [3.63, 3.8) is 0 Å². The Hall–Kier alpha value is -2.75. The zero-order valence-corrected chi connectivity index (χ0v) is 20.0. The molecule has 3 aromatic heterocycles. The average molecular weight is 482 g/mol. The highest BCUT2D eigenvalue weighted by atomic mass is 35.5. The maximum absolute atomic E-state index is 6.52. The molecule has 0 spiro atoms. The number of rotatable bonds is 5. The Labute approximate surface area is 200 Å². The normalized spacial score (nSPS) is 24.2. The molecule has 170 valence electrons. The van der Waals surface area contributed by atoms with E-state index in [-0.39, 0.29) is 5.41 Å². The monoisotopic (exact) mass is 481 g/mol. The summed E-state index contributed by atoms with van der Waals surface area (Å²) in [4.78, 5) is 16.6. The van der Waals surface area contributed by atoms with Gasteiger partial charge in [0.1, 0.15) is 22.1 Å². The van der Waals surface area contributed by atoms with E-state index in [4.69, 9.17) is 37.0 Å². The predicted molar refractivity (Wildman–Crippen MR) is 130 cm³/mol. The molecule has 4 aromatic rings. The number of hydrogen-bond acceptors (Lipinski definition) is 8. The molecular formula is C23H24ClN7OS. The summed E-state index contributed by atoms with van der Waals surface area (Å²) in [5, 5.41) is 11.3. The number of aryl methyl sites for hydroxylation is 1. The lowest BCUT2D eigenvalue weighted by Crippen LogP contribution is -2.32. The van der Waals surface area contributed by atoms with Crippen LogP contribution in [-0.2, 0) is 5.41 Å². The number of aromatic nitrogens is 5. The lowest BCUT2D eigenvalue weighted by atomic mass is 10.0. The summed E-state index contributed by atoms with van der Waals surface area (Å²) in [6.07, 6.45) is 2.90. The number of nitrogens with zero attached hydrogens (tertiary/aromatic N) is 5. The van der Waals surface area contributed by atoms with Crippen LogP contribution in [0, 0.1) is 18.8 Å². The van der Waals surface area contributed by atoms with Gasteiger partial charge in [0.25, 0.3) is 0 Å². The minimum Gasteiger partial charge on any atom is -0.495 e. The number of ether oxygens (including phenoxy) is 1. The number of benzene rings is 1. The number of piperidine rings is 1. The number of hydrogen-bond donors (Lipinski definition) is 2. The molecule has 0 radical (unpaired) electrons. The molecule has 0 amide bonds. The van der Waals surface area contributed by atoms with Gasteiger partial charge in [0.05, 0.1) is 24.0 Å². The van der Waals surface area contributed by atoms with Crippen molar-refractivity contribution < 1.29 is 4.74 Å². The Bertz CT molecular complexity index is 1350. The van der Waals surface area contributed by atoms with Gasteiger partial charge in [-0.2, -0.15) is 5.10 Å². The fourth-order valence-corrected chi connectivity index (χ4v) is 6.88. The van der Waals surface area contributed by atoms with Gasteiger partial charge in [0, 0.05) is 41.7 Å². The molecule has 0 bridgehead atoms. The third-order valence-corrected chi connectivity index (χ3v) is 8.75. The molecule has 4 heterocycles. The Morgan fingerprint density at radius 1 is 1.33 bits per heavy atom. The van der Waals surface area contributed by atoms with Crippen LogP contribution in [0.25, 0.3) is 22.4 Å². The van der Waals surface area contributed by atoms with E-state index in [1.165, 1.54) is 5.01 Å².